The fraction of sp³-hybridized carbons (Fsp3) is 0.261. The van der Waals surface area contributed by atoms with Crippen molar-refractivity contribution >= 4 is 57.6 Å². The van der Waals surface area contributed by atoms with E-state index in [2.05, 4.69) is 5.32 Å². The summed E-state index contributed by atoms with van der Waals surface area (Å²) in [4.78, 5) is 37.5. The van der Waals surface area contributed by atoms with Crippen LogP contribution in [-0.4, -0.2) is 32.5 Å². The van der Waals surface area contributed by atoms with Gasteiger partial charge in [-0.2, -0.15) is 0 Å². The first-order valence-electron chi connectivity index (χ1n) is 10.2. The molecule has 166 valence electrons. The average molecular weight is 470 g/mol. The minimum atomic E-state index is -0.523. The van der Waals surface area contributed by atoms with Crippen molar-refractivity contribution in [2.75, 3.05) is 11.9 Å². The monoisotopic (exact) mass is 469 g/mol. The van der Waals surface area contributed by atoms with Gasteiger partial charge in [0.2, 0.25) is 5.91 Å². The van der Waals surface area contributed by atoms with Crippen LogP contribution in [-0.2, 0) is 9.59 Å². The normalized spacial score (nSPS) is 14.8. The molecule has 1 aliphatic heterocycles. The van der Waals surface area contributed by atoms with Crippen LogP contribution in [0.25, 0.3) is 6.08 Å². The van der Waals surface area contributed by atoms with Gasteiger partial charge < -0.3 is 5.32 Å². The van der Waals surface area contributed by atoms with Crippen molar-refractivity contribution in [2.45, 2.75) is 32.6 Å². The Morgan fingerprint density at radius 1 is 1.16 bits per heavy atom. The Hall–Kier alpha value is -3.04. The molecule has 1 heterocycles. The van der Waals surface area contributed by atoms with E-state index >= 15 is 0 Å². The van der Waals surface area contributed by atoms with Gasteiger partial charge >= 0.3 is 0 Å². The minimum Gasteiger partial charge on any atom is -0.320 e. The van der Waals surface area contributed by atoms with Crippen LogP contribution < -0.4 is 5.32 Å². The van der Waals surface area contributed by atoms with Gasteiger partial charge in [-0.1, -0.05) is 72.4 Å². The number of amides is 2. The van der Waals surface area contributed by atoms with E-state index in [0.717, 1.165) is 17.5 Å². The largest absolute Gasteiger partial charge is 0.320 e. The van der Waals surface area contributed by atoms with Crippen LogP contribution >= 0.6 is 24.0 Å². The zero-order valence-corrected chi connectivity index (χ0v) is 19.2. The van der Waals surface area contributed by atoms with Crippen molar-refractivity contribution in [1.29, 1.82) is 0 Å². The summed E-state index contributed by atoms with van der Waals surface area (Å²) in [6.07, 6.45) is 4.16. The Balaban J connectivity index is 1.43. The number of nitrogens with one attached hydrogen (secondary N) is 1. The van der Waals surface area contributed by atoms with Gasteiger partial charge in [0.05, 0.1) is 9.83 Å². The van der Waals surface area contributed by atoms with E-state index in [9.17, 15) is 19.7 Å². The Kier molecular flexibility index (Phi) is 8.13. The van der Waals surface area contributed by atoms with Gasteiger partial charge in [-0.15, -0.1) is 0 Å². The standard InChI is InChI=1S/C23H23N3O4S2/c1-16-10-12-17(13-11-16)15-20-22(28)25(23(31)32-20)14-6-2-3-9-21(27)24-18-7-4-5-8-19(18)26(29)30/h4-5,7-8,10-13,15H,2-3,6,9,14H2,1H3,(H,24,27). The number of benzene rings is 2. The quantitative estimate of drug-likeness (QED) is 0.176. The molecule has 2 aromatic rings. The van der Waals surface area contributed by atoms with E-state index in [1.807, 2.05) is 37.3 Å². The lowest BCUT2D eigenvalue weighted by atomic mass is 10.1. The fourth-order valence-corrected chi connectivity index (χ4v) is 4.50. The van der Waals surface area contributed by atoms with Crippen LogP contribution in [0.4, 0.5) is 11.4 Å². The Bertz CT molecular complexity index is 1070. The molecule has 9 heteroatoms. The van der Waals surface area contributed by atoms with Gasteiger partial charge in [-0.05, 0) is 37.5 Å². The van der Waals surface area contributed by atoms with E-state index in [-0.39, 0.29) is 29.6 Å². The van der Waals surface area contributed by atoms with E-state index in [1.54, 1.807) is 17.0 Å². The highest BCUT2D eigenvalue weighted by molar-refractivity contribution is 8.26. The molecular weight excluding hydrogens is 446 g/mol. The second-order valence-electron chi connectivity index (χ2n) is 7.38. The summed E-state index contributed by atoms with van der Waals surface area (Å²) in [5.74, 6) is -0.361. The number of nitro groups is 1. The predicted molar refractivity (Wildman–Crippen MR) is 131 cm³/mol. The van der Waals surface area contributed by atoms with Gasteiger partial charge in [0.1, 0.15) is 10.0 Å². The Morgan fingerprint density at radius 3 is 2.59 bits per heavy atom. The lowest BCUT2D eigenvalue weighted by Gasteiger charge is -2.14. The third kappa shape index (κ3) is 6.24. The molecule has 2 amide bonds. The van der Waals surface area contributed by atoms with Crippen molar-refractivity contribution in [3.63, 3.8) is 0 Å². The van der Waals surface area contributed by atoms with E-state index < -0.39 is 4.92 Å². The molecule has 0 atom stereocenters. The highest BCUT2D eigenvalue weighted by Gasteiger charge is 2.31. The van der Waals surface area contributed by atoms with E-state index in [0.29, 0.717) is 28.6 Å². The third-order valence-electron chi connectivity index (χ3n) is 4.91. The molecule has 32 heavy (non-hydrogen) atoms. The maximum atomic E-state index is 12.7. The molecular formula is C23H23N3O4S2. The molecule has 1 aliphatic rings. The first-order valence-corrected chi connectivity index (χ1v) is 11.4. The highest BCUT2D eigenvalue weighted by atomic mass is 32.2. The number of rotatable bonds is 9. The summed E-state index contributed by atoms with van der Waals surface area (Å²) in [6, 6.07) is 14.0. The van der Waals surface area contributed by atoms with Gasteiger partial charge in [0.25, 0.3) is 11.6 Å². The first-order chi connectivity index (χ1) is 15.3. The number of hydrogen-bond acceptors (Lipinski definition) is 6. The highest BCUT2D eigenvalue weighted by Crippen LogP contribution is 2.32. The van der Waals surface area contributed by atoms with Crippen molar-refractivity contribution in [3.05, 3.63) is 74.7 Å². The van der Waals surface area contributed by atoms with Gasteiger partial charge in [-0.3, -0.25) is 24.6 Å². The fourth-order valence-electron chi connectivity index (χ4n) is 3.19. The number of unbranched alkanes of at least 4 members (excludes halogenated alkanes) is 2. The molecule has 0 unspecified atom stereocenters. The SMILES string of the molecule is Cc1ccc(C=C2SC(=S)N(CCCCCC(=O)Nc3ccccc3[N+](=O)[O-])C2=O)cc1. The Labute approximate surface area is 196 Å². The van der Waals surface area contributed by atoms with E-state index in [4.69, 9.17) is 12.2 Å². The summed E-state index contributed by atoms with van der Waals surface area (Å²) >= 11 is 6.67. The second kappa shape index (κ2) is 11.0. The summed E-state index contributed by atoms with van der Waals surface area (Å²) in [5.41, 5.74) is 2.18. The van der Waals surface area contributed by atoms with Crippen molar-refractivity contribution < 1.29 is 14.5 Å². The zero-order valence-electron chi connectivity index (χ0n) is 17.6. The number of carbonyl (C=O) groups is 2. The van der Waals surface area contributed by atoms with Crippen LogP contribution in [0, 0.1) is 17.0 Å². The molecule has 7 nitrogen and oxygen atoms in total. The van der Waals surface area contributed by atoms with Crippen LogP contribution in [0.1, 0.15) is 36.8 Å². The summed E-state index contributed by atoms with van der Waals surface area (Å²) in [6.45, 7) is 2.51. The van der Waals surface area contributed by atoms with Crippen molar-refractivity contribution in [3.8, 4) is 0 Å². The predicted octanol–water partition coefficient (Wildman–Crippen LogP) is 5.30. The van der Waals surface area contributed by atoms with Crippen LogP contribution in [0.3, 0.4) is 0 Å². The van der Waals surface area contributed by atoms with Crippen LogP contribution in [0.15, 0.2) is 53.4 Å². The molecule has 0 saturated carbocycles. The maximum Gasteiger partial charge on any atom is 0.292 e. The zero-order chi connectivity index (χ0) is 23.1. The summed E-state index contributed by atoms with van der Waals surface area (Å²) in [7, 11) is 0. The number of carbonyl (C=O) groups excluding carboxylic acids is 2. The second-order valence-corrected chi connectivity index (χ2v) is 9.05. The lowest BCUT2D eigenvalue weighted by Crippen LogP contribution is -2.29. The first kappa shape index (κ1) is 23.6. The molecule has 2 aromatic carbocycles. The van der Waals surface area contributed by atoms with Crippen LogP contribution in [0.5, 0.6) is 0 Å². The molecule has 1 fully saturated rings. The number of hydrogen-bond donors (Lipinski definition) is 1. The van der Waals surface area contributed by atoms with E-state index in [1.165, 1.54) is 23.9 Å². The minimum absolute atomic E-state index is 0.0882. The van der Waals surface area contributed by atoms with Crippen molar-refractivity contribution in [2.24, 2.45) is 0 Å². The molecule has 0 bridgehead atoms. The number of aryl methyl sites for hydroxylation is 1. The maximum absolute atomic E-state index is 12.7. The van der Waals surface area contributed by atoms with Gasteiger partial charge in [0, 0.05) is 19.0 Å². The van der Waals surface area contributed by atoms with Crippen LogP contribution in [0.2, 0.25) is 0 Å². The molecule has 3 rings (SSSR count). The molecule has 1 N–H and O–H groups in total. The average Bonchev–Trinajstić information content (AvgIpc) is 3.02. The molecule has 0 radical (unpaired) electrons. The summed E-state index contributed by atoms with van der Waals surface area (Å²) in [5, 5.41) is 13.6. The summed E-state index contributed by atoms with van der Waals surface area (Å²) < 4.78 is 0.544. The molecule has 0 aromatic heterocycles. The molecule has 0 spiro atoms. The lowest BCUT2D eigenvalue weighted by molar-refractivity contribution is -0.383. The number of nitro benzene ring substituents is 1. The number of anilines is 1. The molecule has 1 saturated heterocycles. The number of para-hydroxylation sites is 2. The Morgan fingerprint density at radius 2 is 1.88 bits per heavy atom. The van der Waals surface area contributed by atoms with Crippen molar-refractivity contribution in [1.82, 2.24) is 4.90 Å². The third-order valence-corrected chi connectivity index (χ3v) is 6.29. The van der Waals surface area contributed by atoms with Gasteiger partial charge in [0.15, 0.2) is 0 Å². The van der Waals surface area contributed by atoms with Gasteiger partial charge in [-0.25, -0.2) is 0 Å². The molecule has 0 aliphatic carbocycles. The number of thiocarbonyl (C=S) groups is 1. The smallest absolute Gasteiger partial charge is 0.292 e. The topological polar surface area (TPSA) is 92.6 Å². The number of thioether (sulfide) groups is 1. The number of nitrogens with zero attached hydrogens (tertiary/aromatic N) is 2.